The first-order valence-electron chi connectivity index (χ1n) is 5.22. The zero-order valence-electron chi connectivity index (χ0n) is 8.71. The molecule has 1 heterocycles. The Morgan fingerprint density at radius 2 is 2.14 bits per heavy atom. The second-order valence-electron chi connectivity index (χ2n) is 4.17. The minimum atomic E-state index is 0.147. The minimum Gasteiger partial charge on any atom is -0.127 e. The maximum atomic E-state index is 6.30. The van der Waals surface area contributed by atoms with Gasteiger partial charge in [-0.25, -0.2) is 0 Å². The summed E-state index contributed by atoms with van der Waals surface area (Å²) in [6.07, 6.45) is 8.29. The van der Waals surface area contributed by atoms with Crippen molar-refractivity contribution in [3.8, 4) is 0 Å². The highest BCUT2D eigenvalue weighted by Crippen LogP contribution is 2.35. The molecule has 1 rings (SSSR count). The molecule has 0 N–H and O–H groups in total. The SMILES string of the molecule is C=CCB1CC(CC=C)CC(=C)C1Cl. The predicted molar refractivity (Wildman–Crippen MR) is 67.3 cm³/mol. The Morgan fingerprint density at radius 3 is 2.71 bits per heavy atom. The zero-order chi connectivity index (χ0) is 10.6. The molecule has 76 valence electrons. The van der Waals surface area contributed by atoms with Crippen LogP contribution < -0.4 is 0 Å². The van der Waals surface area contributed by atoms with E-state index in [-0.39, 0.29) is 5.28 Å². The van der Waals surface area contributed by atoms with Crippen LogP contribution >= 0.6 is 11.6 Å². The average Bonchev–Trinajstić information content (AvgIpc) is 2.14. The van der Waals surface area contributed by atoms with E-state index in [1.54, 1.807) is 0 Å². The van der Waals surface area contributed by atoms with Crippen molar-refractivity contribution in [3.63, 3.8) is 0 Å². The van der Waals surface area contributed by atoms with E-state index in [4.69, 9.17) is 11.6 Å². The van der Waals surface area contributed by atoms with Crippen LogP contribution in [0.3, 0.4) is 0 Å². The van der Waals surface area contributed by atoms with Gasteiger partial charge in [-0.3, -0.25) is 0 Å². The molecule has 0 aromatic rings. The van der Waals surface area contributed by atoms with E-state index in [1.165, 1.54) is 11.9 Å². The molecule has 0 spiro atoms. The number of rotatable bonds is 4. The van der Waals surface area contributed by atoms with Gasteiger partial charge in [-0.2, -0.15) is 0 Å². The van der Waals surface area contributed by atoms with Crippen LogP contribution in [0.2, 0.25) is 12.6 Å². The molecule has 2 heteroatoms. The molecule has 0 saturated carbocycles. The molecule has 0 aromatic heterocycles. The van der Waals surface area contributed by atoms with Crippen molar-refractivity contribution in [2.45, 2.75) is 30.8 Å². The molecule has 0 amide bonds. The number of halogens is 1. The fourth-order valence-corrected chi connectivity index (χ4v) is 2.59. The normalized spacial score (nSPS) is 27.5. The summed E-state index contributed by atoms with van der Waals surface area (Å²) in [6.45, 7) is 12.2. The standard InChI is InChI=1S/C12H18BCl/c1-4-6-11-8-10(3)12(14)13(9-11)7-5-2/h4-5,11-12H,1-3,6-9H2. The molecule has 0 radical (unpaired) electrons. The Morgan fingerprint density at radius 1 is 1.43 bits per heavy atom. The monoisotopic (exact) mass is 208 g/mol. The lowest BCUT2D eigenvalue weighted by atomic mass is 9.36. The molecule has 0 aromatic carbocycles. The Balaban J connectivity index is 2.60. The molecule has 1 aliphatic heterocycles. The summed E-state index contributed by atoms with van der Waals surface area (Å²) in [6, 6.07) is 0. The Labute approximate surface area is 92.8 Å². The van der Waals surface area contributed by atoms with Gasteiger partial charge in [0.15, 0.2) is 6.71 Å². The van der Waals surface area contributed by atoms with Crippen molar-refractivity contribution in [1.29, 1.82) is 0 Å². The summed E-state index contributed by atoms with van der Waals surface area (Å²) >= 11 is 6.30. The van der Waals surface area contributed by atoms with Crippen molar-refractivity contribution in [3.05, 3.63) is 37.5 Å². The third kappa shape index (κ3) is 2.78. The molecule has 1 fully saturated rings. The van der Waals surface area contributed by atoms with E-state index < -0.39 is 0 Å². The molecule has 1 aliphatic rings. The van der Waals surface area contributed by atoms with Crippen molar-refractivity contribution in [1.82, 2.24) is 0 Å². The summed E-state index contributed by atoms with van der Waals surface area (Å²) in [4.78, 5) is 0. The van der Waals surface area contributed by atoms with Gasteiger partial charge in [0.1, 0.15) is 0 Å². The first kappa shape index (κ1) is 11.6. The largest absolute Gasteiger partial charge is 0.171 e. The quantitative estimate of drug-likeness (QED) is 0.373. The van der Waals surface area contributed by atoms with Crippen LogP contribution in [0, 0.1) is 5.92 Å². The molecule has 0 nitrogen and oxygen atoms in total. The summed E-state index contributed by atoms with van der Waals surface area (Å²) in [5, 5.41) is 0.147. The Bertz CT molecular complexity index is 234. The lowest BCUT2D eigenvalue weighted by Gasteiger charge is -2.31. The van der Waals surface area contributed by atoms with Crippen LogP contribution in [-0.4, -0.2) is 12.0 Å². The molecule has 1 saturated heterocycles. The predicted octanol–water partition coefficient (Wildman–Crippen LogP) is 3.97. The maximum Gasteiger partial charge on any atom is 0.171 e. The summed E-state index contributed by atoms with van der Waals surface area (Å²) in [5.41, 5.74) is 1.19. The molecule has 2 atom stereocenters. The summed E-state index contributed by atoms with van der Waals surface area (Å²) in [7, 11) is 0. The van der Waals surface area contributed by atoms with Gasteiger partial charge >= 0.3 is 0 Å². The fraction of sp³-hybridized carbons (Fsp3) is 0.500. The van der Waals surface area contributed by atoms with Crippen LogP contribution in [0.1, 0.15) is 12.8 Å². The van der Waals surface area contributed by atoms with E-state index in [0.29, 0.717) is 12.6 Å². The van der Waals surface area contributed by atoms with Crippen molar-refractivity contribution in [2.75, 3.05) is 0 Å². The van der Waals surface area contributed by atoms with Crippen molar-refractivity contribution >= 4 is 18.3 Å². The molecule has 14 heavy (non-hydrogen) atoms. The molecule has 2 unspecified atom stereocenters. The second kappa shape index (κ2) is 5.45. The molecular formula is C12H18BCl. The van der Waals surface area contributed by atoms with E-state index in [9.17, 15) is 0 Å². The fourth-order valence-electron chi connectivity index (χ4n) is 2.29. The summed E-state index contributed by atoms with van der Waals surface area (Å²) < 4.78 is 0. The Hall–Kier alpha value is -0.425. The highest BCUT2D eigenvalue weighted by atomic mass is 35.5. The second-order valence-corrected chi connectivity index (χ2v) is 4.64. The number of hydrogen-bond acceptors (Lipinski definition) is 0. The van der Waals surface area contributed by atoms with E-state index >= 15 is 0 Å². The van der Waals surface area contributed by atoms with Crippen LogP contribution in [0.4, 0.5) is 0 Å². The molecule has 0 aliphatic carbocycles. The van der Waals surface area contributed by atoms with Gasteiger partial charge < -0.3 is 0 Å². The van der Waals surface area contributed by atoms with Crippen LogP contribution in [-0.2, 0) is 0 Å². The topological polar surface area (TPSA) is 0 Å². The third-order valence-electron chi connectivity index (χ3n) is 2.96. The van der Waals surface area contributed by atoms with Gasteiger partial charge in [-0.1, -0.05) is 36.9 Å². The molecule has 0 bridgehead atoms. The van der Waals surface area contributed by atoms with Crippen LogP contribution in [0.15, 0.2) is 37.5 Å². The van der Waals surface area contributed by atoms with Gasteiger partial charge in [-0.15, -0.1) is 24.8 Å². The van der Waals surface area contributed by atoms with Gasteiger partial charge in [0.2, 0.25) is 0 Å². The zero-order valence-corrected chi connectivity index (χ0v) is 9.47. The number of alkyl halides is 1. The van der Waals surface area contributed by atoms with Gasteiger partial charge in [-0.05, 0) is 18.8 Å². The first-order valence-corrected chi connectivity index (χ1v) is 5.66. The van der Waals surface area contributed by atoms with E-state index in [0.717, 1.165) is 19.2 Å². The lowest BCUT2D eigenvalue weighted by molar-refractivity contribution is 0.561. The van der Waals surface area contributed by atoms with Crippen molar-refractivity contribution < 1.29 is 0 Å². The van der Waals surface area contributed by atoms with E-state index in [1.807, 2.05) is 12.2 Å². The van der Waals surface area contributed by atoms with Crippen LogP contribution in [0.5, 0.6) is 0 Å². The average molecular weight is 209 g/mol. The van der Waals surface area contributed by atoms with Gasteiger partial charge in [0.05, 0.1) is 0 Å². The minimum absolute atomic E-state index is 0.147. The Kier molecular flexibility index (Phi) is 4.54. The van der Waals surface area contributed by atoms with E-state index in [2.05, 4.69) is 19.7 Å². The summed E-state index contributed by atoms with van der Waals surface area (Å²) in [5.74, 6) is 0.694. The highest BCUT2D eigenvalue weighted by molar-refractivity contribution is 6.71. The number of hydrogen-bond donors (Lipinski definition) is 0. The maximum absolute atomic E-state index is 6.30. The van der Waals surface area contributed by atoms with Gasteiger partial charge in [0.25, 0.3) is 0 Å². The highest BCUT2D eigenvalue weighted by Gasteiger charge is 2.32. The number of allylic oxidation sites excluding steroid dienone is 3. The third-order valence-corrected chi connectivity index (χ3v) is 3.63. The van der Waals surface area contributed by atoms with Crippen molar-refractivity contribution in [2.24, 2.45) is 5.92 Å². The lowest BCUT2D eigenvalue weighted by Crippen LogP contribution is -2.34. The van der Waals surface area contributed by atoms with Crippen LogP contribution in [0.25, 0.3) is 0 Å². The first-order chi connectivity index (χ1) is 6.69. The molecular weight excluding hydrogens is 190 g/mol. The van der Waals surface area contributed by atoms with Gasteiger partial charge in [0, 0.05) is 5.28 Å². The smallest absolute Gasteiger partial charge is 0.127 e.